The first-order valence-electron chi connectivity index (χ1n) is 4.31. The highest BCUT2D eigenvalue weighted by atomic mass is 32.1. The highest BCUT2D eigenvalue weighted by molar-refractivity contribution is 7.17. The Hall–Kier alpha value is -1.95. The number of thiophene rings is 1. The molecule has 2 N–H and O–H groups in total. The average Bonchev–Trinajstić information content (AvgIpc) is 2.88. The van der Waals surface area contributed by atoms with Crippen LogP contribution in [-0.2, 0) is 0 Å². The average molecular weight is 218 g/mol. The van der Waals surface area contributed by atoms with Crippen LogP contribution in [-0.4, -0.2) is 20.2 Å². The fraction of sp³-hybridized carbons (Fsp3) is 0. The van der Waals surface area contributed by atoms with Gasteiger partial charge in [-0.05, 0) is 11.4 Å². The van der Waals surface area contributed by atoms with Crippen molar-refractivity contribution < 1.29 is 0 Å². The molecule has 15 heavy (non-hydrogen) atoms. The van der Waals surface area contributed by atoms with Gasteiger partial charge in [-0.15, -0.1) is 11.3 Å². The summed E-state index contributed by atoms with van der Waals surface area (Å²) in [5.74, 6) is 0.541. The molecule has 5 nitrogen and oxygen atoms in total. The topological polar surface area (TPSA) is 74.4 Å². The van der Waals surface area contributed by atoms with Gasteiger partial charge in [0.25, 0.3) is 5.56 Å². The molecule has 6 heteroatoms. The van der Waals surface area contributed by atoms with Crippen LogP contribution in [0.15, 0.2) is 28.6 Å². The summed E-state index contributed by atoms with van der Waals surface area (Å²) in [6, 6.07) is 1.83. The summed E-state index contributed by atoms with van der Waals surface area (Å²) in [5.41, 5.74) is 1.39. The van der Waals surface area contributed by atoms with Gasteiger partial charge in [-0.2, -0.15) is 5.10 Å². The molecule has 3 aromatic heterocycles. The second kappa shape index (κ2) is 3.03. The molecule has 0 amide bonds. The van der Waals surface area contributed by atoms with Crippen molar-refractivity contribution in [2.24, 2.45) is 0 Å². The summed E-state index contributed by atoms with van der Waals surface area (Å²) < 4.78 is 0.655. The van der Waals surface area contributed by atoms with E-state index in [1.54, 1.807) is 12.4 Å². The molecule has 3 rings (SSSR count). The molecule has 3 heterocycles. The first-order valence-corrected chi connectivity index (χ1v) is 5.19. The van der Waals surface area contributed by atoms with Crippen molar-refractivity contribution in [2.45, 2.75) is 0 Å². The summed E-state index contributed by atoms with van der Waals surface area (Å²) in [6.45, 7) is 0. The minimum Gasteiger partial charge on any atom is -0.305 e. The molecule has 0 aliphatic rings. The monoisotopic (exact) mass is 218 g/mol. The maximum atomic E-state index is 11.6. The minimum absolute atomic E-state index is 0.105. The molecule has 0 atom stereocenters. The van der Waals surface area contributed by atoms with Crippen LogP contribution in [0.5, 0.6) is 0 Å². The van der Waals surface area contributed by atoms with E-state index in [1.807, 2.05) is 11.4 Å². The van der Waals surface area contributed by atoms with Crippen LogP contribution in [0.4, 0.5) is 0 Å². The van der Waals surface area contributed by atoms with Crippen LogP contribution in [0.2, 0.25) is 0 Å². The van der Waals surface area contributed by atoms with Crippen molar-refractivity contribution >= 4 is 21.6 Å². The Balaban J connectivity index is 2.34. The van der Waals surface area contributed by atoms with Crippen molar-refractivity contribution in [1.82, 2.24) is 20.2 Å². The van der Waals surface area contributed by atoms with Crippen LogP contribution in [0, 0.1) is 0 Å². The Kier molecular flexibility index (Phi) is 1.69. The van der Waals surface area contributed by atoms with Gasteiger partial charge in [0.1, 0.15) is 10.5 Å². The zero-order valence-corrected chi connectivity index (χ0v) is 8.34. The Morgan fingerprint density at radius 1 is 1.40 bits per heavy atom. The van der Waals surface area contributed by atoms with E-state index in [2.05, 4.69) is 20.2 Å². The Bertz CT molecular complexity index is 652. The number of fused-ring (bicyclic) bond motifs is 1. The Morgan fingerprint density at radius 2 is 2.33 bits per heavy atom. The van der Waals surface area contributed by atoms with E-state index in [0.717, 1.165) is 11.1 Å². The summed E-state index contributed by atoms with van der Waals surface area (Å²) >= 11 is 1.39. The molecule has 0 aliphatic heterocycles. The Labute approximate surface area is 87.8 Å². The van der Waals surface area contributed by atoms with Crippen LogP contribution in [0.25, 0.3) is 21.6 Å². The van der Waals surface area contributed by atoms with Crippen LogP contribution < -0.4 is 5.56 Å². The van der Waals surface area contributed by atoms with Crippen molar-refractivity contribution in [3.05, 3.63) is 34.2 Å². The zero-order valence-electron chi connectivity index (χ0n) is 7.52. The maximum absolute atomic E-state index is 11.6. The third-order valence-electron chi connectivity index (χ3n) is 2.09. The normalized spacial score (nSPS) is 10.9. The first kappa shape index (κ1) is 8.37. The number of rotatable bonds is 1. The summed E-state index contributed by atoms with van der Waals surface area (Å²) in [4.78, 5) is 18.7. The van der Waals surface area contributed by atoms with Gasteiger partial charge < -0.3 is 4.98 Å². The molecular formula is C9H6N4OS. The van der Waals surface area contributed by atoms with Gasteiger partial charge in [0.2, 0.25) is 0 Å². The number of aromatic nitrogens is 4. The largest absolute Gasteiger partial charge is 0.305 e. The quantitative estimate of drug-likeness (QED) is 0.647. The van der Waals surface area contributed by atoms with Gasteiger partial charge in [-0.1, -0.05) is 0 Å². The lowest BCUT2D eigenvalue weighted by Gasteiger charge is -1.95. The van der Waals surface area contributed by atoms with E-state index in [9.17, 15) is 4.79 Å². The van der Waals surface area contributed by atoms with E-state index in [-0.39, 0.29) is 5.56 Å². The van der Waals surface area contributed by atoms with Gasteiger partial charge >= 0.3 is 0 Å². The fourth-order valence-corrected chi connectivity index (χ4v) is 2.12. The van der Waals surface area contributed by atoms with E-state index in [4.69, 9.17) is 0 Å². The van der Waals surface area contributed by atoms with E-state index >= 15 is 0 Å². The number of nitrogens with one attached hydrogen (secondary N) is 2. The van der Waals surface area contributed by atoms with Gasteiger partial charge in [-0.25, -0.2) is 4.98 Å². The third kappa shape index (κ3) is 1.26. The number of aromatic amines is 2. The fourth-order valence-electron chi connectivity index (χ4n) is 1.39. The lowest BCUT2D eigenvalue weighted by molar-refractivity contribution is 1.09. The lowest BCUT2D eigenvalue weighted by Crippen LogP contribution is -2.07. The van der Waals surface area contributed by atoms with E-state index in [1.165, 1.54) is 11.3 Å². The Morgan fingerprint density at radius 3 is 3.13 bits per heavy atom. The molecule has 3 aromatic rings. The molecule has 0 unspecified atom stereocenters. The number of nitrogens with zero attached hydrogens (tertiary/aromatic N) is 2. The third-order valence-corrected chi connectivity index (χ3v) is 2.99. The van der Waals surface area contributed by atoms with Crippen LogP contribution >= 0.6 is 11.3 Å². The molecule has 0 aromatic carbocycles. The summed E-state index contributed by atoms with van der Waals surface area (Å²) in [7, 11) is 0. The minimum atomic E-state index is -0.105. The second-order valence-corrected chi connectivity index (χ2v) is 3.95. The molecule has 74 valence electrons. The van der Waals surface area contributed by atoms with Crippen molar-refractivity contribution in [1.29, 1.82) is 0 Å². The standard InChI is InChI=1S/C9H6N4OS/c14-9-7-6(1-2-15-7)12-8(13-9)5-3-10-11-4-5/h1-4H,(H,10,11)(H,12,13,14). The van der Waals surface area contributed by atoms with Crippen molar-refractivity contribution in [2.75, 3.05) is 0 Å². The first-order chi connectivity index (χ1) is 7.34. The molecule has 0 aliphatic carbocycles. The number of H-pyrrole nitrogens is 2. The lowest BCUT2D eigenvalue weighted by atomic mass is 10.3. The van der Waals surface area contributed by atoms with Crippen LogP contribution in [0.3, 0.4) is 0 Å². The number of hydrogen-bond acceptors (Lipinski definition) is 4. The smallest absolute Gasteiger partial charge is 0.269 e. The zero-order chi connectivity index (χ0) is 10.3. The number of hydrogen-bond donors (Lipinski definition) is 2. The highest BCUT2D eigenvalue weighted by Gasteiger charge is 2.06. The van der Waals surface area contributed by atoms with Gasteiger partial charge in [-0.3, -0.25) is 9.89 Å². The molecular weight excluding hydrogens is 212 g/mol. The predicted molar refractivity (Wildman–Crippen MR) is 57.8 cm³/mol. The summed E-state index contributed by atoms with van der Waals surface area (Å²) in [5, 5.41) is 8.34. The highest BCUT2D eigenvalue weighted by Crippen LogP contribution is 2.17. The predicted octanol–water partition coefficient (Wildman–Crippen LogP) is 1.37. The van der Waals surface area contributed by atoms with Gasteiger partial charge in [0, 0.05) is 6.20 Å². The van der Waals surface area contributed by atoms with E-state index in [0.29, 0.717) is 10.5 Å². The molecule has 0 saturated heterocycles. The van der Waals surface area contributed by atoms with Crippen LogP contribution in [0.1, 0.15) is 0 Å². The maximum Gasteiger partial charge on any atom is 0.269 e. The SMILES string of the molecule is O=c1[nH]c(-c2cn[nH]c2)nc2ccsc12. The van der Waals surface area contributed by atoms with Gasteiger partial charge in [0.15, 0.2) is 0 Å². The van der Waals surface area contributed by atoms with Crippen molar-refractivity contribution in [3.8, 4) is 11.4 Å². The van der Waals surface area contributed by atoms with Crippen molar-refractivity contribution in [3.63, 3.8) is 0 Å². The summed E-state index contributed by atoms with van der Waals surface area (Å²) in [6.07, 6.45) is 3.31. The molecule has 0 radical (unpaired) electrons. The second-order valence-electron chi connectivity index (χ2n) is 3.04. The van der Waals surface area contributed by atoms with E-state index < -0.39 is 0 Å². The van der Waals surface area contributed by atoms with Gasteiger partial charge in [0.05, 0.1) is 17.3 Å². The molecule has 0 spiro atoms. The molecule has 0 fully saturated rings. The molecule has 0 saturated carbocycles. The molecule has 0 bridgehead atoms.